The number of aromatic nitrogens is 1. The molecule has 0 radical (unpaired) electrons. The van der Waals surface area contributed by atoms with Crippen molar-refractivity contribution in [3.8, 4) is 0 Å². The van der Waals surface area contributed by atoms with Gasteiger partial charge < -0.3 is 15.6 Å². The van der Waals surface area contributed by atoms with E-state index in [1.165, 1.54) is 40.3 Å². The van der Waals surface area contributed by atoms with Gasteiger partial charge in [-0.25, -0.2) is 8.42 Å². The monoisotopic (exact) mass is 472 g/mol. The summed E-state index contributed by atoms with van der Waals surface area (Å²) in [4.78, 5) is 24.3. The highest BCUT2D eigenvalue weighted by Crippen LogP contribution is 2.28. The number of piperidine rings is 1. The van der Waals surface area contributed by atoms with Crippen LogP contribution in [0.3, 0.4) is 0 Å². The first-order chi connectivity index (χ1) is 14.6. The van der Waals surface area contributed by atoms with E-state index in [1.807, 2.05) is 0 Å². The van der Waals surface area contributed by atoms with Gasteiger partial charge in [0.15, 0.2) is 0 Å². The van der Waals surface area contributed by atoms with E-state index in [0.717, 1.165) is 0 Å². The molecule has 2 aromatic rings. The molecule has 8 nitrogen and oxygen atoms in total. The van der Waals surface area contributed by atoms with Crippen LogP contribution in [0.15, 0.2) is 46.3 Å². The van der Waals surface area contributed by atoms with Gasteiger partial charge in [0.2, 0.25) is 15.9 Å². The van der Waals surface area contributed by atoms with Crippen LogP contribution in [0.2, 0.25) is 0 Å². The number of carbonyl (C=O) groups is 2. The highest BCUT2D eigenvalue weighted by molar-refractivity contribution is 7.99. The Bertz CT molecular complexity index is 1060. The summed E-state index contributed by atoms with van der Waals surface area (Å²) in [5, 5.41) is 2.74. The molecular weight excluding hydrogens is 450 g/mol. The number of primary amides is 1. The van der Waals surface area contributed by atoms with Crippen LogP contribution >= 0.6 is 11.8 Å². The number of rotatable bonds is 7. The molecular formula is C19H22F2N4O4S2. The molecule has 2 heterocycles. The molecule has 1 aromatic carbocycles. The number of halogens is 2. The fourth-order valence-corrected chi connectivity index (χ4v) is 5.43. The van der Waals surface area contributed by atoms with E-state index in [0.29, 0.717) is 35.2 Å². The molecule has 3 rings (SSSR count). The van der Waals surface area contributed by atoms with Gasteiger partial charge in [-0.05, 0) is 43.2 Å². The molecule has 0 bridgehead atoms. The maximum atomic E-state index is 12.9. The molecule has 31 heavy (non-hydrogen) atoms. The molecule has 1 aliphatic heterocycles. The molecule has 0 saturated carbocycles. The zero-order valence-corrected chi connectivity index (χ0v) is 18.3. The highest BCUT2D eigenvalue weighted by atomic mass is 32.2. The quantitative estimate of drug-likeness (QED) is 0.601. The average Bonchev–Trinajstić information content (AvgIpc) is 3.12. The van der Waals surface area contributed by atoms with Gasteiger partial charge in [-0.1, -0.05) is 11.8 Å². The van der Waals surface area contributed by atoms with Crippen molar-refractivity contribution in [3.63, 3.8) is 0 Å². The van der Waals surface area contributed by atoms with Gasteiger partial charge in [0, 0.05) is 42.8 Å². The smallest absolute Gasteiger partial charge is 0.288 e. The first-order valence-electron chi connectivity index (χ1n) is 9.40. The van der Waals surface area contributed by atoms with Crippen LogP contribution in [0.4, 0.5) is 14.5 Å². The number of aryl methyl sites for hydroxylation is 1. The largest absolute Gasteiger partial charge is 0.364 e. The van der Waals surface area contributed by atoms with Gasteiger partial charge in [0.05, 0.1) is 0 Å². The Balaban J connectivity index is 1.59. The highest BCUT2D eigenvalue weighted by Gasteiger charge is 2.33. The van der Waals surface area contributed by atoms with E-state index in [9.17, 15) is 26.8 Å². The number of benzene rings is 1. The first-order valence-corrected chi connectivity index (χ1v) is 11.7. The van der Waals surface area contributed by atoms with Crippen LogP contribution in [-0.2, 0) is 21.9 Å². The van der Waals surface area contributed by atoms with E-state index < -0.39 is 21.7 Å². The van der Waals surface area contributed by atoms with Gasteiger partial charge in [-0.3, -0.25) is 9.59 Å². The lowest BCUT2D eigenvalue weighted by molar-refractivity contribution is -0.120. The van der Waals surface area contributed by atoms with Crippen molar-refractivity contribution in [1.29, 1.82) is 0 Å². The Morgan fingerprint density at radius 2 is 1.81 bits per heavy atom. The number of nitrogens with zero attached hydrogens (tertiary/aromatic N) is 2. The van der Waals surface area contributed by atoms with E-state index in [4.69, 9.17) is 5.73 Å². The number of sulfonamides is 1. The molecule has 0 spiro atoms. The number of anilines is 1. The molecule has 3 N–H and O–H groups in total. The van der Waals surface area contributed by atoms with Crippen molar-refractivity contribution in [2.45, 2.75) is 28.4 Å². The summed E-state index contributed by atoms with van der Waals surface area (Å²) < 4.78 is 53.1. The third-order valence-corrected chi connectivity index (χ3v) is 7.63. The Morgan fingerprint density at radius 1 is 1.19 bits per heavy atom. The third kappa shape index (κ3) is 5.43. The summed E-state index contributed by atoms with van der Waals surface area (Å²) in [6.07, 6.45) is 2.00. The molecule has 0 atom stereocenters. The van der Waals surface area contributed by atoms with E-state index >= 15 is 0 Å². The molecule has 1 aliphatic rings. The number of amides is 2. The lowest BCUT2D eigenvalue weighted by Gasteiger charge is -2.30. The normalized spacial score (nSPS) is 15.9. The maximum absolute atomic E-state index is 12.9. The topological polar surface area (TPSA) is 114 Å². The Labute approximate surface area is 182 Å². The number of carbonyl (C=O) groups excluding carboxylic acids is 2. The summed E-state index contributed by atoms with van der Waals surface area (Å²) >= 11 is 0.423. The van der Waals surface area contributed by atoms with Crippen LogP contribution in [0, 0.1) is 5.92 Å². The van der Waals surface area contributed by atoms with Crippen molar-refractivity contribution >= 4 is 39.3 Å². The number of nitrogens with one attached hydrogen (secondary N) is 1. The van der Waals surface area contributed by atoms with Crippen LogP contribution in [0.5, 0.6) is 0 Å². The fourth-order valence-electron chi connectivity index (χ4n) is 3.39. The zero-order chi connectivity index (χ0) is 22.8. The van der Waals surface area contributed by atoms with Gasteiger partial charge in [-0.2, -0.15) is 13.1 Å². The maximum Gasteiger partial charge on any atom is 0.288 e. The summed E-state index contributed by atoms with van der Waals surface area (Å²) in [5.41, 5.74) is 5.82. The molecule has 2 amide bonds. The van der Waals surface area contributed by atoms with Crippen molar-refractivity contribution in [2.24, 2.45) is 18.7 Å². The third-order valence-electron chi connectivity index (χ3n) is 5.04. The molecule has 0 aliphatic carbocycles. The Hall–Kier alpha value is -2.44. The lowest BCUT2D eigenvalue weighted by Crippen LogP contribution is -2.41. The number of nitrogens with two attached hydrogens (primary N) is 1. The Morgan fingerprint density at radius 3 is 2.32 bits per heavy atom. The molecule has 12 heteroatoms. The van der Waals surface area contributed by atoms with Gasteiger partial charge >= 0.3 is 0 Å². The standard InChI is InChI=1S/C19H22F2N4O4S2/c1-24-11-15(10-16(24)17(22)26)31(28,29)25-8-6-12(7-9-25)18(27)23-13-2-4-14(5-3-13)30-19(20)21/h2-5,10-12,19H,6-9H2,1H3,(H2,22,26)(H,23,27). The van der Waals surface area contributed by atoms with E-state index in [2.05, 4.69) is 5.32 Å². The summed E-state index contributed by atoms with van der Waals surface area (Å²) in [7, 11) is -2.27. The summed E-state index contributed by atoms with van der Waals surface area (Å²) in [6, 6.07) is 7.35. The first kappa shape index (κ1) is 23.2. The number of hydrogen-bond acceptors (Lipinski definition) is 5. The molecule has 0 unspecified atom stereocenters. The number of alkyl halides is 2. The Kier molecular flexibility index (Phi) is 7.02. The SMILES string of the molecule is Cn1cc(S(=O)(=O)N2CCC(C(=O)Nc3ccc(SC(F)F)cc3)CC2)cc1C(N)=O. The second-order valence-corrected chi connectivity index (χ2v) is 10.1. The molecule has 168 valence electrons. The van der Waals surface area contributed by atoms with Crippen molar-refractivity contribution in [3.05, 3.63) is 42.2 Å². The van der Waals surface area contributed by atoms with Crippen molar-refractivity contribution in [2.75, 3.05) is 18.4 Å². The van der Waals surface area contributed by atoms with Gasteiger partial charge in [0.1, 0.15) is 10.6 Å². The second-order valence-electron chi connectivity index (χ2n) is 7.11. The van der Waals surface area contributed by atoms with Crippen LogP contribution in [0.1, 0.15) is 23.3 Å². The second kappa shape index (κ2) is 9.37. The zero-order valence-electron chi connectivity index (χ0n) is 16.6. The molecule has 1 aromatic heterocycles. The average molecular weight is 473 g/mol. The number of thioether (sulfide) groups is 1. The van der Waals surface area contributed by atoms with Crippen LogP contribution in [0.25, 0.3) is 0 Å². The predicted molar refractivity (Wildman–Crippen MR) is 112 cm³/mol. The fraction of sp³-hybridized carbons (Fsp3) is 0.368. The van der Waals surface area contributed by atoms with E-state index in [-0.39, 0.29) is 35.5 Å². The molecule has 1 saturated heterocycles. The van der Waals surface area contributed by atoms with E-state index in [1.54, 1.807) is 12.1 Å². The minimum atomic E-state index is -3.81. The number of hydrogen-bond donors (Lipinski definition) is 2. The minimum Gasteiger partial charge on any atom is -0.364 e. The molecule has 1 fully saturated rings. The lowest BCUT2D eigenvalue weighted by atomic mass is 9.97. The van der Waals surface area contributed by atoms with Crippen molar-refractivity contribution < 1.29 is 26.8 Å². The summed E-state index contributed by atoms with van der Waals surface area (Å²) in [6.45, 7) is 0.316. The van der Waals surface area contributed by atoms with Crippen molar-refractivity contribution in [1.82, 2.24) is 8.87 Å². The van der Waals surface area contributed by atoms with Crippen LogP contribution < -0.4 is 11.1 Å². The van der Waals surface area contributed by atoms with Crippen LogP contribution in [-0.4, -0.2) is 48.0 Å². The van der Waals surface area contributed by atoms with Gasteiger partial charge in [0.25, 0.3) is 11.7 Å². The minimum absolute atomic E-state index is 0.0199. The summed E-state index contributed by atoms with van der Waals surface area (Å²) in [5.74, 6) is -3.86. The predicted octanol–water partition coefficient (Wildman–Crippen LogP) is 2.48. The van der Waals surface area contributed by atoms with Gasteiger partial charge in [-0.15, -0.1) is 0 Å².